The van der Waals surface area contributed by atoms with Crippen molar-refractivity contribution < 1.29 is 14.3 Å². The zero-order valence-corrected chi connectivity index (χ0v) is 6.84. The molecule has 0 aliphatic rings. The number of carbonyl (C=O) groups is 2. The Balaban J connectivity index is 3.10. The topological polar surface area (TPSA) is 43.4 Å². The largest absolute Gasteiger partial charge is 0.466 e. The molecule has 0 saturated heterocycles. The van der Waals surface area contributed by atoms with Gasteiger partial charge in [-0.2, -0.15) is 0 Å². The van der Waals surface area contributed by atoms with Gasteiger partial charge in [-0.1, -0.05) is 6.92 Å². The van der Waals surface area contributed by atoms with Crippen LogP contribution in [0.3, 0.4) is 0 Å². The number of esters is 1. The van der Waals surface area contributed by atoms with Gasteiger partial charge in [-0.05, 0) is 12.8 Å². The van der Waals surface area contributed by atoms with Crippen LogP contribution in [-0.2, 0) is 14.3 Å². The van der Waals surface area contributed by atoms with Gasteiger partial charge in [-0.3, -0.25) is 4.79 Å². The molecule has 0 saturated carbocycles. The minimum atomic E-state index is -0.168. The summed E-state index contributed by atoms with van der Waals surface area (Å²) in [5, 5.41) is 0. The summed E-state index contributed by atoms with van der Waals surface area (Å²) in [7, 11) is 0. The predicted octanol–water partition coefficient (Wildman–Crippen LogP) is 1.31. The van der Waals surface area contributed by atoms with Crippen LogP contribution >= 0.6 is 0 Å². The Morgan fingerprint density at radius 1 is 1.55 bits per heavy atom. The highest BCUT2D eigenvalue weighted by Gasteiger charge is 1.98. The Morgan fingerprint density at radius 3 is 2.82 bits per heavy atom. The number of carbonyl (C=O) groups excluding carboxylic acids is 2. The first-order chi connectivity index (χ1) is 5.31. The van der Waals surface area contributed by atoms with Crippen LogP contribution in [0.2, 0.25) is 0 Å². The molecule has 0 atom stereocenters. The van der Waals surface area contributed by atoms with Crippen molar-refractivity contribution in [3.05, 3.63) is 0 Å². The van der Waals surface area contributed by atoms with E-state index >= 15 is 0 Å². The second-order valence-electron chi connectivity index (χ2n) is 2.28. The molecule has 0 aromatic heterocycles. The first-order valence-electron chi connectivity index (χ1n) is 3.90. The van der Waals surface area contributed by atoms with Gasteiger partial charge in [0.1, 0.15) is 6.29 Å². The molecule has 0 aliphatic heterocycles. The SMILES string of the molecule is CCCC(=O)OCCCC=O. The lowest BCUT2D eigenvalue weighted by molar-refractivity contribution is -0.144. The maximum absolute atomic E-state index is 10.7. The number of ether oxygens (including phenoxy) is 1. The molecular formula is C8H14O3. The van der Waals surface area contributed by atoms with Crippen molar-refractivity contribution in [1.29, 1.82) is 0 Å². The molecule has 0 spiro atoms. The Bertz CT molecular complexity index is 121. The fourth-order valence-electron chi connectivity index (χ4n) is 0.629. The van der Waals surface area contributed by atoms with Crippen molar-refractivity contribution in [1.82, 2.24) is 0 Å². The lowest BCUT2D eigenvalue weighted by atomic mass is 10.3. The van der Waals surface area contributed by atoms with E-state index in [1.165, 1.54) is 0 Å². The van der Waals surface area contributed by atoms with Gasteiger partial charge in [0.25, 0.3) is 0 Å². The lowest BCUT2D eigenvalue weighted by Crippen LogP contribution is -2.04. The summed E-state index contributed by atoms with van der Waals surface area (Å²) in [6, 6.07) is 0. The van der Waals surface area contributed by atoms with Crippen LogP contribution in [0.5, 0.6) is 0 Å². The van der Waals surface area contributed by atoms with Crippen LogP contribution < -0.4 is 0 Å². The maximum Gasteiger partial charge on any atom is 0.305 e. The summed E-state index contributed by atoms with van der Waals surface area (Å²) in [6.07, 6.45) is 3.22. The molecule has 0 aromatic rings. The molecule has 0 heterocycles. The third-order valence-corrected chi connectivity index (χ3v) is 1.18. The van der Waals surface area contributed by atoms with E-state index < -0.39 is 0 Å². The molecule has 0 fully saturated rings. The number of aldehydes is 1. The van der Waals surface area contributed by atoms with Crippen LogP contribution in [0.25, 0.3) is 0 Å². The Labute approximate surface area is 66.7 Å². The molecule has 0 radical (unpaired) electrons. The van der Waals surface area contributed by atoms with E-state index in [0.717, 1.165) is 12.7 Å². The average Bonchev–Trinajstić information content (AvgIpc) is 1.99. The van der Waals surface area contributed by atoms with Crippen LogP contribution in [-0.4, -0.2) is 18.9 Å². The zero-order valence-electron chi connectivity index (χ0n) is 6.84. The highest BCUT2D eigenvalue weighted by atomic mass is 16.5. The summed E-state index contributed by atoms with van der Waals surface area (Å²) in [6.45, 7) is 2.30. The van der Waals surface area contributed by atoms with Gasteiger partial charge < -0.3 is 9.53 Å². The van der Waals surface area contributed by atoms with Crippen LogP contribution in [0, 0.1) is 0 Å². The van der Waals surface area contributed by atoms with Gasteiger partial charge in [0.2, 0.25) is 0 Å². The Hall–Kier alpha value is -0.860. The highest BCUT2D eigenvalue weighted by Crippen LogP contribution is 1.93. The molecule has 0 aliphatic carbocycles. The molecule has 3 heteroatoms. The van der Waals surface area contributed by atoms with E-state index in [4.69, 9.17) is 4.74 Å². The van der Waals surface area contributed by atoms with Crippen molar-refractivity contribution in [3.8, 4) is 0 Å². The fourth-order valence-corrected chi connectivity index (χ4v) is 0.629. The summed E-state index contributed by atoms with van der Waals surface area (Å²) >= 11 is 0. The zero-order chi connectivity index (χ0) is 8.53. The van der Waals surface area contributed by atoms with E-state index in [-0.39, 0.29) is 5.97 Å². The first-order valence-corrected chi connectivity index (χ1v) is 3.90. The number of hydrogen-bond acceptors (Lipinski definition) is 3. The van der Waals surface area contributed by atoms with E-state index in [9.17, 15) is 9.59 Å². The monoisotopic (exact) mass is 158 g/mol. The predicted molar refractivity (Wildman–Crippen MR) is 41.2 cm³/mol. The van der Waals surface area contributed by atoms with E-state index in [1.807, 2.05) is 6.92 Å². The molecular weight excluding hydrogens is 144 g/mol. The van der Waals surface area contributed by atoms with Crippen molar-refractivity contribution in [2.24, 2.45) is 0 Å². The number of unbranched alkanes of at least 4 members (excludes halogenated alkanes) is 1. The Morgan fingerprint density at radius 2 is 2.27 bits per heavy atom. The minimum absolute atomic E-state index is 0.168. The molecule has 0 amide bonds. The van der Waals surface area contributed by atoms with E-state index in [0.29, 0.717) is 25.9 Å². The van der Waals surface area contributed by atoms with E-state index in [1.54, 1.807) is 0 Å². The molecule has 0 rings (SSSR count). The lowest BCUT2D eigenvalue weighted by Gasteiger charge is -2.00. The molecule has 0 bridgehead atoms. The molecule has 11 heavy (non-hydrogen) atoms. The summed E-state index contributed by atoms with van der Waals surface area (Å²) in [5.74, 6) is -0.168. The van der Waals surface area contributed by atoms with E-state index in [2.05, 4.69) is 0 Å². The Kier molecular flexibility index (Phi) is 6.68. The summed E-state index contributed by atoms with van der Waals surface area (Å²) in [5.41, 5.74) is 0. The first kappa shape index (κ1) is 10.1. The molecule has 3 nitrogen and oxygen atoms in total. The second-order valence-corrected chi connectivity index (χ2v) is 2.28. The standard InChI is InChI=1S/C8H14O3/c1-2-5-8(10)11-7-4-3-6-9/h6H,2-5,7H2,1H3. The molecule has 64 valence electrons. The summed E-state index contributed by atoms with van der Waals surface area (Å²) < 4.78 is 4.79. The van der Waals surface area contributed by atoms with Crippen LogP contribution in [0.4, 0.5) is 0 Å². The number of hydrogen-bond donors (Lipinski definition) is 0. The van der Waals surface area contributed by atoms with Crippen LogP contribution in [0.1, 0.15) is 32.6 Å². The van der Waals surface area contributed by atoms with Crippen LogP contribution in [0.15, 0.2) is 0 Å². The van der Waals surface area contributed by atoms with Crippen molar-refractivity contribution in [3.63, 3.8) is 0 Å². The summed E-state index contributed by atoms with van der Waals surface area (Å²) in [4.78, 5) is 20.5. The third kappa shape index (κ3) is 7.03. The molecule has 0 unspecified atom stereocenters. The van der Waals surface area contributed by atoms with Gasteiger partial charge in [0.05, 0.1) is 6.61 Å². The highest BCUT2D eigenvalue weighted by molar-refractivity contribution is 5.69. The van der Waals surface area contributed by atoms with Crippen molar-refractivity contribution in [2.75, 3.05) is 6.61 Å². The molecule has 0 aromatic carbocycles. The minimum Gasteiger partial charge on any atom is -0.466 e. The van der Waals surface area contributed by atoms with Gasteiger partial charge in [-0.25, -0.2) is 0 Å². The molecule has 0 N–H and O–H groups in total. The number of rotatable bonds is 6. The van der Waals surface area contributed by atoms with Crippen molar-refractivity contribution in [2.45, 2.75) is 32.6 Å². The van der Waals surface area contributed by atoms with Crippen molar-refractivity contribution >= 4 is 12.3 Å². The third-order valence-electron chi connectivity index (χ3n) is 1.18. The maximum atomic E-state index is 10.7. The average molecular weight is 158 g/mol. The fraction of sp³-hybridized carbons (Fsp3) is 0.750. The van der Waals surface area contributed by atoms with Gasteiger partial charge in [0, 0.05) is 12.8 Å². The van der Waals surface area contributed by atoms with Gasteiger partial charge in [-0.15, -0.1) is 0 Å². The van der Waals surface area contributed by atoms with Gasteiger partial charge >= 0.3 is 5.97 Å². The normalized spacial score (nSPS) is 9.18. The van der Waals surface area contributed by atoms with Gasteiger partial charge in [0.15, 0.2) is 0 Å². The smallest absolute Gasteiger partial charge is 0.305 e. The second kappa shape index (κ2) is 7.25. The quantitative estimate of drug-likeness (QED) is 0.332.